The molecule has 0 aliphatic carbocycles. The molecule has 0 aliphatic heterocycles. The van der Waals surface area contributed by atoms with Crippen molar-refractivity contribution in [3.8, 4) is 5.75 Å². The second-order valence-electron chi connectivity index (χ2n) is 4.12. The number of nitrogens with zero attached hydrogens (tertiary/aromatic N) is 2. The Kier molecular flexibility index (Phi) is 4.74. The number of hydrogen-bond acceptors (Lipinski definition) is 4. The van der Waals surface area contributed by atoms with Crippen molar-refractivity contribution in [3.05, 3.63) is 44.8 Å². The summed E-state index contributed by atoms with van der Waals surface area (Å²) in [4.78, 5) is 6.53. The van der Waals surface area contributed by atoms with Gasteiger partial charge < -0.3 is 4.74 Å². The van der Waals surface area contributed by atoms with Gasteiger partial charge in [-0.15, -0.1) is 11.3 Å². The summed E-state index contributed by atoms with van der Waals surface area (Å²) in [5.74, 6) is 0.862. The van der Waals surface area contributed by atoms with Crippen LogP contribution in [0.3, 0.4) is 0 Å². The van der Waals surface area contributed by atoms with Crippen LogP contribution in [0, 0.1) is 0 Å². The molecule has 0 spiro atoms. The molecule has 0 atom stereocenters. The third-order valence-corrected chi connectivity index (χ3v) is 3.84. The highest BCUT2D eigenvalue weighted by atomic mass is 79.9. The summed E-state index contributed by atoms with van der Waals surface area (Å²) in [6, 6.07) is 6.16. The summed E-state index contributed by atoms with van der Waals surface area (Å²) >= 11 is 5.14. The van der Waals surface area contributed by atoms with Crippen LogP contribution >= 0.6 is 27.3 Å². The van der Waals surface area contributed by atoms with Gasteiger partial charge in [0, 0.05) is 18.5 Å². The quantitative estimate of drug-likeness (QED) is 0.840. The average molecular weight is 327 g/mol. The Bertz CT molecular complexity index is 502. The van der Waals surface area contributed by atoms with E-state index in [-0.39, 0.29) is 0 Å². The van der Waals surface area contributed by atoms with E-state index in [0.717, 1.165) is 29.0 Å². The number of thiazole rings is 1. The topological polar surface area (TPSA) is 25.4 Å². The third kappa shape index (κ3) is 3.54. The van der Waals surface area contributed by atoms with Crippen LogP contribution in [0.2, 0.25) is 0 Å². The lowest BCUT2D eigenvalue weighted by molar-refractivity contribution is 0.315. The number of halogens is 1. The molecule has 5 heteroatoms. The molecule has 0 fully saturated rings. The molecule has 1 aromatic carbocycles. The van der Waals surface area contributed by atoms with E-state index in [1.165, 1.54) is 5.56 Å². The van der Waals surface area contributed by atoms with Crippen molar-refractivity contribution in [3.63, 3.8) is 0 Å². The second-order valence-corrected chi connectivity index (χ2v) is 5.69. The van der Waals surface area contributed by atoms with Crippen LogP contribution in [0.4, 0.5) is 0 Å². The molecule has 1 aromatic heterocycles. The highest BCUT2D eigenvalue weighted by Gasteiger charge is 2.06. The summed E-state index contributed by atoms with van der Waals surface area (Å²) in [7, 11) is 3.77. The Balaban J connectivity index is 1.98. The normalized spacial score (nSPS) is 10.9. The van der Waals surface area contributed by atoms with E-state index < -0.39 is 0 Å². The van der Waals surface area contributed by atoms with Crippen LogP contribution in [0.5, 0.6) is 5.75 Å². The van der Waals surface area contributed by atoms with Gasteiger partial charge >= 0.3 is 0 Å². The van der Waals surface area contributed by atoms with Crippen molar-refractivity contribution in [2.75, 3.05) is 14.2 Å². The molecular weight excluding hydrogens is 312 g/mol. The number of ether oxygens (including phenoxy) is 1. The molecule has 1 heterocycles. The summed E-state index contributed by atoms with van der Waals surface area (Å²) < 4.78 is 6.21. The number of aromatic nitrogens is 1. The zero-order chi connectivity index (χ0) is 13.0. The molecule has 0 radical (unpaired) electrons. The Labute approximate surface area is 120 Å². The van der Waals surface area contributed by atoms with E-state index in [4.69, 9.17) is 4.74 Å². The van der Waals surface area contributed by atoms with Crippen molar-refractivity contribution in [1.82, 2.24) is 9.88 Å². The summed E-state index contributed by atoms with van der Waals surface area (Å²) in [6.45, 7) is 1.76. The van der Waals surface area contributed by atoms with Crippen LogP contribution in [0.1, 0.15) is 11.3 Å². The van der Waals surface area contributed by atoms with Gasteiger partial charge in [-0.25, -0.2) is 4.98 Å². The molecule has 0 saturated carbocycles. The fourth-order valence-electron chi connectivity index (χ4n) is 1.77. The molecule has 0 aliphatic rings. The molecule has 0 N–H and O–H groups in total. The predicted octanol–water partition coefficient (Wildman–Crippen LogP) is 3.55. The molecule has 2 aromatic rings. The van der Waals surface area contributed by atoms with Crippen molar-refractivity contribution in [2.24, 2.45) is 0 Å². The minimum atomic E-state index is 0.862. The van der Waals surface area contributed by atoms with Gasteiger partial charge in [-0.3, -0.25) is 4.90 Å². The zero-order valence-corrected chi connectivity index (χ0v) is 12.8. The van der Waals surface area contributed by atoms with Crippen molar-refractivity contribution in [1.29, 1.82) is 0 Å². The van der Waals surface area contributed by atoms with E-state index in [9.17, 15) is 0 Å². The molecule has 0 saturated heterocycles. The number of rotatable bonds is 5. The average Bonchev–Trinajstić information content (AvgIpc) is 2.82. The van der Waals surface area contributed by atoms with Gasteiger partial charge in [-0.1, -0.05) is 6.07 Å². The first-order chi connectivity index (χ1) is 8.69. The minimum absolute atomic E-state index is 0.862. The predicted molar refractivity (Wildman–Crippen MR) is 78.0 cm³/mol. The Hall–Kier alpha value is -0.910. The summed E-state index contributed by atoms with van der Waals surface area (Å²) in [5.41, 5.74) is 4.24. The monoisotopic (exact) mass is 326 g/mol. The number of hydrogen-bond donors (Lipinski definition) is 0. The largest absolute Gasteiger partial charge is 0.496 e. The standard InChI is InChI=1S/C13H15BrN2OS/c1-16(7-11-8-18-9-15-11)6-10-3-4-13(17-2)12(14)5-10/h3-5,8-9H,6-7H2,1-2H3. The lowest BCUT2D eigenvalue weighted by Crippen LogP contribution is -2.17. The van der Waals surface area contributed by atoms with Crippen LogP contribution < -0.4 is 4.74 Å². The molecule has 0 unspecified atom stereocenters. The van der Waals surface area contributed by atoms with Gasteiger partial charge in [0.2, 0.25) is 0 Å². The summed E-state index contributed by atoms with van der Waals surface area (Å²) in [5, 5.41) is 2.08. The molecular formula is C13H15BrN2OS. The van der Waals surface area contributed by atoms with Gasteiger partial charge in [0.1, 0.15) is 5.75 Å². The van der Waals surface area contributed by atoms with E-state index in [2.05, 4.69) is 50.4 Å². The van der Waals surface area contributed by atoms with E-state index in [1.807, 2.05) is 11.6 Å². The van der Waals surface area contributed by atoms with Crippen LogP contribution in [0.25, 0.3) is 0 Å². The molecule has 3 nitrogen and oxygen atoms in total. The highest BCUT2D eigenvalue weighted by molar-refractivity contribution is 9.10. The van der Waals surface area contributed by atoms with Gasteiger partial charge in [0.05, 0.1) is 22.8 Å². The Morgan fingerprint density at radius 3 is 2.83 bits per heavy atom. The number of benzene rings is 1. The Morgan fingerprint density at radius 1 is 1.39 bits per heavy atom. The van der Waals surface area contributed by atoms with Crippen molar-refractivity contribution < 1.29 is 4.74 Å². The van der Waals surface area contributed by atoms with Gasteiger partial charge in [0.25, 0.3) is 0 Å². The van der Waals surface area contributed by atoms with E-state index >= 15 is 0 Å². The molecule has 2 rings (SSSR count). The first kappa shape index (κ1) is 13.5. The minimum Gasteiger partial charge on any atom is -0.496 e. The fourth-order valence-corrected chi connectivity index (χ4v) is 2.91. The maximum Gasteiger partial charge on any atom is 0.133 e. The fraction of sp³-hybridized carbons (Fsp3) is 0.308. The van der Waals surface area contributed by atoms with Gasteiger partial charge in [0.15, 0.2) is 0 Å². The van der Waals surface area contributed by atoms with Crippen molar-refractivity contribution in [2.45, 2.75) is 13.1 Å². The molecule has 0 amide bonds. The van der Waals surface area contributed by atoms with Crippen LogP contribution in [-0.4, -0.2) is 24.0 Å². The zero-order valence-electron chi connectivity index (χ0n) is 10.4. The third-order valence-electron chi connectivity index (χ3n) is 2.58. The number of methoxy groups -OCH3 is 1. The smallest absolute Gasteiger partial charge is 0.133 e. The van der Waals surface area contributed by atoms with E-state index in [0.29, 0.717) is 0 Å². The first-order valence-electron chi connectivity index (χ1n) is 5.57. The van der Waals surface area contributed by atoms with Crippen LogP contribution in [-0.2, 0) is 13.1 Å². The first-order valence-corrected chi connectivity index (χ1v) is 7.30. The van der Waals surface area contributed by atoms with Gasteiger partial charge in [-0.05, 0) is 40.7 Å². The maximum absolute atomic E-state index is 5.22. The molecule has 18 heavy (non-hydrogen) atoms. The molecule has 0 bridgehead atoms. The van der Waals surface area contributed by atoms with Crippen molar-refractivity contribution >= 4 is 27.3 Å². The lowest BCUT2D eigenvalue weighted by Gasteiger charge is -2.16. The molecule has 96 valence electrons. The second kappa shape index (κ2) is 6.31. The SMILES string of the molecule is COc1ccc(CN(C)Cc2cscn2)cc1Br. The highest BCUT2D eigenvalue weighted by Crippen LogP contribution is 2.26. The lowest BCUT2D eigenvalue weighted by atomic mass is 10.2. The summed E-state index contributed by atoms with van der Waals surface area (Å²) in [6.07, 6.45) is 0. The van der Waals surface area contributed by atoms with Crippen LogP contribution in [0.15, 0.2) is 33.6 Å². The maximum atomic E-state index is 5.22. The Morgan fingerprint density at radius 2 is 2.22 bits per heavy atom. The van der Waals surface area contributed by atoms with Gasteiger partial charge in [-0.2, -0.15) is 0 Å². The van der Waals surface area contributed by atoms with E-state index in [1.54, 1.807) is 18.4 Å².